The van der Waals surface area contributed by atoms with Gasteiger partial charge in [0.25, 0.3) is 0 Å². The summed E-state index contributed by atoms with van der Waals surface area (Å²) in [5, 5.41) is 0. The van der Waals surface area contributed by atoms with Crippen LogP contribution in [0.1, 0.15) is 393 Å². The third kappa shape index (κ3) is 68.0. The minimum atomic E-state index is -0.766. The minimum Gasteiger partial charge on any atom is -0.462 e. The van der Waals surface area contributed by atoms with Crippen LogP contribution in [0.5, 0.6) is 0 Å². The Kier molecular flexibility index (Phi) is 67.6. The zero-order valence-electron chi connectivity index (χ0n) is 54.6. The van der Waals surface area contributed by atoms with Crippen molar-refractivity contribution in [2.75, 3.05) is 13.2 Å². The van der Waals surface area contributed by atoms with Gasteiger partial charge in [0.1, 0.15) is 13.2 Å². The molecule has 0 bridgehead atoms. The summed E-state index contributed by atoms with van der Waals surface area (Å²) < 4.78 is 17.0. The van der Waals surface area contributed by atoms with Gasteiger partial charge in [0.15, 0.2) is 6.10 Å². The summed E-state index contributed by atoms with van der Waals surface area (Å²) in [6.45, 7) is 6.59. The SMILES string of the molecule is CC/C=C\C/C=C\C/C=C\C/C=C\CCCCCCCCCCCCCCCCCCCCCCCCC(=O)OCC(COC(=O)CCCCCCCCCCCC)OC(=O)CCCCCCCCCCCCCCCCCCCC. The zero-order valence-corrected chi connectivity index (χ0v) is 54.6. The molecule has 0 rings (SSSR count). The lowest BCUT2D eigenvalue weighted by Gasteiger charge is -2.18. The maximum atomic E-state index is 12.9. The molecule has 0 aromatic rings. The van der Waals surface area contributed by atoms with E-state index in [1.54, 1.807) is 0 Å². The lowest BCUT2D eigenvalue weighted by Crippen LogP contribution is -2.30. The van der Waals surface area contributed by atoms with Crippen LogP contribution in [0.4, 0.5) is 0 Å². The Labute approximate surface area is 505 Å². The van der Waals surface area contributed by atoms with E-state index in [-0.39, 0.29) is 31.1 Å². The van der Waals surface area contributed by atoms with E-state index in [9.17, 15) is 14.4 Å². The maximum absolute atomic E-state index is 12.9. The molecular weight excluding hydrogens is 997 g/mol. The van der Waals surface area contributed by atoms with Gasteiger partial charge < -0.3 is 14.2 Å². The number of rotatable bonds is 67. The van der Waals surface area contributed by atoms with Gasteiger partial charge in [-0.25, -0.2) is 0 Å². The molecule has 0 fully saturated rings. The number of ether oxygens (including phenoxy) is 3. The smallest absolute Gasteiger partial charge is 0.306 e. The highest BCUT2D eigenvalue weighted by molar-refractivity contribution is 5.71. The highest BCUT2D eigenvalue weighted by Crippen LogP contribution is 2.19. The van der Waals surface area contributed by atoms with Crippen molar-refractivity contribution in [3.8, 4) is 0 Å². The summed E-state index contributed by atoms with van der Waals surface area (Å²) in [5.74, 6) is -0.835. The highest BCUT2D eigenvalue weighted by Gasteiger charge is 2.19. The molecule has 1 atom stereocenters. The Hall–Kier alpha value is -2.63. The van der Waals surface area contributed by atoms with Crippen LogP contribution in [0.2, 0.25) is 0 Å². The Morgan fingerprint density at radius 2 is 0.481 bits per heavy atom. The second-order valence-corrected chi connectivity index (χ2v) is 24.5. The lowest BCUT2D eigenvalue weighted by molar-refractivity contribution is -0.167. The molecule has 1 unspecified atom stereocenters. The fraction of sp³-hybridized carbons (Fsp3) is 0.853. The Bertz CT molecular complexity index is 1400. The molecule has 0 aliphatic carbocycles. The third-order valence-corrected chi connectivity index (χ3v) is 16.3. The molecule has 0 heterocycles. The summed E-state index contributed by atoms with van der Waals surface area (Å²) in [7, 11) is 0. The van der Waals surface area contributed by atoms with Gasteiger partial charge in [-0.2, -0.15) is 0 Å². The van der Waals surface area contributed by atoms with Gasteiger partial charge in [-0.15, -0.1) is 0 Å². The van der Waals surface area contributed by atoms with E-state index in [0.717, 1.165) is 83.5 Å². The van der Waals surface area contributed by atoms with Crippen LogP contribution in [-0.4, -0.2) is 37.2 Å². The van der Waals surface area contributed by atoms with E-state index in [1.807, 2.05) is 0 Å². The van der Waals surface area contributed by atoms with Crippen molar-refractivity contribution in [2.45, 2.75) is 399 Å². The van der Waals surface area contributed by atoms with Crippen LogP contribution < -0.4 is 0 Å². The quantitative estimate of drug-likeness (QED) is 0.0261. The molecule has 0 amide bonds. The highest BCUT2D eigenvalue weighted by atomic mass is 16.6. The van der Waals surface area contributed by atoms with E-state index in [0.29, 0.717) is 19.3 Å². The van der Waals surface area contributed by atoms with E-state index >= 15 is 0 Å². The first-order valence-electron chi connectivity index (χ1n) is 36.1. The van der Waals surface area contributed by atoms with Gasteiger partial charge in [0, 0.05) is 19.3 Å². The largest absolute Gasteiger partial charge is 0.462 e. The molecule has 0 saturated carbocycles. The number of allylic oxidation sites excluding steroid dienone is 8. The predicted octanol–water partition coefficient (Wildman–Crippen LogP) is 24.9. The van der Waals surface area contributed by atoms with Crippen LogP contribution in [0.15, 0.2) is 48.6 Å². The second kappa shape index (κ2) is 69.9. The van der Waals surface area contributed by atoms with Crippen molar-refractivity contribution in [3.63, 3.8) is 0 Å². The Morgan fingerprint density at radius 3 is 0.753 bits per heavy atom. The molecule has 0 radical (unpaired) electrons. The van der Waals surface area contributed by atoms with E-state index < -0.39 is 6.10 Å². The first kappa shape index (κ1) is 78.4. The van der Waals surface area contributed by atoms with E-state index in [2.05, 4.69) is 69.4 Å². The molecule has 6 heteroatoms. The van der Waals surface area contributed by atoms with Crippen LogP contribution in [-0.2, 0) is 28.6 Å². The maximum Gasteiger partial charge on any atom is 0.306 e. The van der Waals surface area contributed by atoms with Crippen molar-refractivity contribution in [3.05, 3.63) is 48.6 Å². The van der Waals surface area contributed by atoms with Crippen molar-refractivity contribution in [1.82, 2.24) is 0 Å². The van der Waals surface area contributed by atoms with Crippen molar-refractivity contribution in [2.24, 2.45) is 0 Å². The Balaban J connectivity index is 4.02. The van der Waals surface area contributed by atoms with Gasteiger partial charge in [-0.1, -0.05) is 365 Å². The number of carbonyl (C=O) groups is 3. The molecule has 0 N–H and O–H groups in total. The number of unbranched alkanes of at least 4 members (excludes halogenated alkanes) is 48. The van der Waals surface area contributed by atoms with Gasteiger partial charge in [0.05, 0.1) is 0 Å². The van der Waals surface area contributed by atoms with Crippen molar-refractivity contribution in [1.29, 1.82) is 0 Å². The molecule has 474 valence electrons. The average molecular weight is 1140 g/mol. The molecule has 0 aliphatic rings. The molecule has 0 aromatic carbocycles. The van der Waals surface area contributed by atoms with Gasteiger partial charge in [0.2, 0.25) is 0 Å². The molecular formula is C75H138O6. The van der Waals surface area contributed by atoms with Crippen LogP contribution in [0, 0.1) is 0 Å². The second-order valence-electron chi connectivity index (χ2n) is 24.5. The van der Waals surface area contributed by atoms with Crippen molar-refractivity contribution >= 4 is 17.9 Å². The first-order valence-corrected chi connectivity index (χ1v) is 36.1. The van der Waals surface area contributed by atoms with Crippen LogP contribution in [0.3, 0.4) is 0 Å². The first-order chi connectivity index (χ1) is 40.0. The fourth-order valence-electron chi connectivity index (χ4n) is 11.0. The van der Waals surface area contributed by atoms with Gasteiger partial charge in [-0.3, -0.25) is 14.4 Å². The summed E-state index contributed by atoms with van der Waals surface area (Å²) in [6, 6.07) is 0. The van der Waals surface area contributed by atoms with E-state index in [1.165, 1.54) is 270 Å². The van der Waals surface area contributed by atoms with Gasteiger partial charge >= 0.3 is 17.9 Å². The normalized spacial score (nSPS) is 12.3. The number of carbonyl (C=O) groups excluding carboxylic acids is 3. The topological polar surface area (TPSA) is 78.9 Å². The molecule has 81 heavy (non-hydrogen) atoms. The number of esters is 3. The standard InChI is InChI=1S/C75H138O6/c1-4-7-10-13-16-19-22-24-26-28-30-31-32-33-34-35-36-37-38-39-40-41-42-43-44-45-46-48-49-51-53-56-59-62-65-68-74(77)80-71-72(70-79-73(76)67-64-61-58-55-21-18-15-12-9-6-3)81-75(78)69-66-63-60-57-54-52-50-47-29-27-25-23-20-17-14-11-8-5-2/h7,10,16,19,24,26,30-31,72H,4-6,8-9,11-15,17-18,20-23,25,27-29,32-71H2,1-3H3/b10-7-,19-16-,26-24-,31-30-. The van der Waals surface area contributed by atoms with E-state index in [4.69, 9.17) is 14.2 Å². The summed E-state index contributed by atoms with van der Waals surface area (Å²) in [4.78, 5) is 38.3. The summed E-state index contributed by atoms with van der Waals surface area (Å²) >= 11 is 0. The zero-order chi connectivity index (χ0) is 58.5. The summed E-state index contributed by atoms with van der Waals surface area (Å²) in [6.07, 6.45) is 88.8. The summed E-state index contributed by atoms with van der Waals surface area (Å²) in [5.41, 5.74) is 0. The fourth-order valence-corrected chi connectivity index (χ4v) is 11.0. The molecule has 0 aliphatic heterocycles. The van der Waals surface area contributed by atoms with Crippen LogP contribution in [0.25, 0.3) is 0 Å². The van der Waals surface area contributed by atoms with Crippen LogP contribution >= 0.6 is 0 Å². The monoisotopic (exact) mass is 1140 g/mol. The van der Waals surface area contributed by atoms with Crippen molar-refractivity contribution < 1.29 is 28.6 Å². The molecule has 6 nitrogen and oxygen atoms in total. The lowest BCUT2D eigenvalue weighted by atomic mass is 10.0. The number of hydrogen-bond acceptors (Lipinski definition) is 6. The third-order valence-electron chi connectivity index (χ3n) is 16.3. The average Bonchev–Trinajstić information content (AvgIpc) is 3.47. The predicted molar refractivity (Wildman–Crippen MR) is 353 cm³/mol. The van der Waals surface area contributed by atoms with Gasteiger partial charge in [-0.05, 0) is 57.8 Å². The Morgan fingerprint density at radius 1 is 0.259 bits per heavy atom. The minimum absolute atomic E-state index is 0.0644. The molecule has 0 spiro atoms. The number of hydrogen-bond donors (Lipinski definition) is 0. The molecule has 0 saturated heterocycles. The molecule has 0 aromatic heterocycles.